The van der Waals surface area contributed by atoms with Crippen LogP contribution in [0.2, 0.25) is 0 Å². The third kappa shape index (κ3) is 5.80. The fourth-order valence-corrected chi connectivity index (χ4v) is 5.38. The van der Waals surface area contributed by atoms with Crippen LogP contribution in [0.1, 0.15) is 41.5 Å². The summed E-state index contributed by atoms with van der Waals surface area (Å²) in [5.74, 6) is 1.33. The molecule has 3 aromatic carbocycles. The van der Waals surface area contributed by atoms with E-state index in [4.69, 9.17) is 4.74 Å². The second-order valence-corrected chi connectivity index (χ2v) is 9.93. The maximum Gasteiger partial charge on any atom is 0.119 e. The summed E-state index contributed by atoms with van der Waals surface area (Å²) in [6, 6.07) is 25.3. The lowest BCUT2D eigenvalue weighted by Gasteiger charge is -2.42. The summed E-state index contributed by atoms with van der Waals surface area (Å²) >= 11 is 3.48. The van der Waals surface area contributed by atoms with Crippen LogP contribution in [0.3, 0.4) is 0 Å². The number of likely N-dealkylation sites (tertiary alicyclic amines) is 1. The Kier molecular flexibility index (Phi) is 8.11. The number of benzene rings is 3. The van der Waals surface area contributed by atoms with E-state index in [1.165, 1.54) is 16.7 Å². The van der Waals surface area contributed by atoms with Crippen LogP contribution in [-0.4, -0.2) is 42.1 Å². The Hall–Kier alpha value is -2.30. The van der Waals surface area contributed by atoms with Gasteiger partial charge < -0.3 is 14.7 Å². The number of hydrogen-bond acceptors (Lipinski definition) is 3. The number of phenols is 1. The van der Waals surface area contributed by atoms with Crippen molar-refractivity contribution in [2.75, 3.05) is 32.1 Å². The van der Waals surface area contributed by atoms with E-state index in [9.17, 15) is 5.11 Å². The first kappa shape index (κ1) is 23.8. The van der Waals surface area contributed by atoms with Crippen LogP contribution in [0.5, 0.6) is 11.5 Å². The summed E-state index contributed by atoms with van der Waals surface area (Å²) in [4.78, 5) is 2.38. The lowest BCUT2D eigenvalue weighted by atomic mass is 9.67. The van der Waals surface area contributed by atoms with Crippen molar-refractivity contribution in [2.45, 2.75) is 37.5 Å². The first-order valence-electron chi connectivity index (χ1n) is 11.9. The van der Waals surface area contributed by atoms with Crippen molar-refractivity contribution in [2.24, 2.45) is 0 Å². The van der Waals surface area contributed by atoms with Gasteiger partial charge in [0, 0.05) is 16.3 Å². The van der Waals surface area contributed by atoms with Gasteiger partial charge in [0.1, 0.15) is 11.5 Å². The molecule has 1 aliphatic heterocycles. The molecule has 0 atom stereocenters. The predicted octanol–water partition coefficient (Wildman–Crippen LogP) is 6.35. The third-order valence-electron chi connectivity index (χ3n) is 6.93. The zero-order valence-electron chi connectivity index (χ0n) is 19.5. The second-order valence-electron chi connectivity index (χ2n) is 9.14. The summed E-state index contributed by atoms with van der Waals surface area (Å²) in [6.45, 7) is 2.74. The molecule has 1 aliphatic rings. The van der Waals surface area contributed by atoms with E-state index in [2.05, 4.69) is 94.6 Å². The molecular weight excluding hydrogens is 474 g/mol. The molecule has 1 saturated heterocycles. The summed E-state index contributed by atoms with van der Waals surface area (Å²) in [6.07, 6.45) is 4.93. The number of ether oxygens (including phenoxy) is 1. The van der Waals surface area contributed by atoms with Gasteiger partial charge >= 0.3 is 0 Å². The molecule has 3 aromatic rings. The van der Waals surface area contributed by atoms with E-state index in [-0.39, 0.29) is 5.41 Å². The summed E-state index contributed by atoms with van der Waals surface area (Å²) in [5, 5.41) is 11.9. The highest BCUT2D eigenvalue weighted by Gasteiger charge is 2.39. The van der Waals surface area contributed by atoms with E-state index >= 15 is 0 Å². The SMILES string of the molecule is CN1CCC(c2ccccc2)(c2cc(CCCOc3ccc(CCBr)cc3)ccc2O)CC1. The van der Waals surface area contributed by atoms with E-state index < -0.39 is 0 Å². The number of alkyl halides is 1. The molecule has 174 valence electrons. The number of aryl methyl sites for hydroxylation is 2. The molecule has 0 aromatic heterocycles. The van der Waals surface area contributed by atoms with Gasteiger partial charge in [-0.05, 0) is 87.1 Å². The topological polar surface area (TPSA) is 32.7 Å². The molecule has 1 fully saturated rings. The third-order valence-corrected chi connectivity index (χ3v) is 7.33. The normalized spacial score (nSPS) is 15.9. The quantitative estimate of drug-likeness (QED) is 0.270. The van der Waals surface area contributed by atoms with Gasteiger partial charge in [-0.25, -0.2) is 0 Å². The molecule has 0 saturated carbocycles. The van der Waals surface area contributed by atoms with Gasteiger partial charge in [-0.1, -0.05) is 70.5 Å². The first-order valence-corrected chi connectivity index (χ1v) is 13.1. The minimum atomic E-state index is -0.138. The fraction of sp³-hybridized carbons (Fsp3) is 0.379. The van der Waals surface area contributed by atoms with Crippen LogP contribution in [-0.2, 0) is 18.3 Å². The molecular formula is C29H34BrNO2. The molecule has 0 aliphatic carbocycles. The Labute approximate surface area is 206 Å². The van der Waals surface area contributed by atoms with Crippen molar-refractivity contribution in [3.8, 4) is 11.5 Å². The van der Waals surface area contributed by atoms with Crippen molar-refractivity contribution in [3.05, 3.63) is 95.1 Å². The average molecular weight is 509 g/mol. The molecule has 0 radical (unpaired) electrons. The number of aromatic hydroxyl groups is 1. The van der Waals surface area contributed by atoms with Crippen LogP contribution in [0.25, 0.3) is 0 Å². The standard InChI is InChI=1S/C29H34BrNO2/c1-31-19-16-29(17-20-31,25-7-3-2-4-8-25)27-22-24(11-14-28(27)32)6-5-21-33-26-12-9-23(10-13-26)15-18-30/h2-4,7-14,22,32H,5-6,15-21H2,1H3. The minimum absolute atomic E-state index is 0.138. The summed E-state index contributed by atoms with van der Waals surface area (Å²) in [7, 11) is 2.18. The monoisotopic (exact) mass is 507 g/mol. The molecule has 1 heterocycles. The van der Waals surface area contributed by atoms with Crippen molar-refractivity contribution < 1.29 is 9.84 Å². The van der Waals surface area contributed by atoms with E-state index in [1.807, 2.05) is 6.07 Å². The van der Waals surface area contributed by atoms with Crippen molar-refractivity contribution >= 4 is 15.9 Å². The lowest BCUT2D eigenvalue weighted by molar-refractivity contribution is 0.210. The number of piperidine rings is 1. The van der Waals surface area contributed by atoms with Crippen molar-refractivity contribution in [3.63, 3.8) is 0 Å². The van der Waals surface area contributed by atoms with Crippen molar-refractivity contribution in [1.82, 2.24) is 4.90 Å². The summed E-state index contributed by atoms with van der Waals surface area (Å²) in [5.41, 5.74) is 4.81. The second kappa shape index (κ2) is 11.2. The van der Waals surface area contributed by atoms with Gasteiger partial charge in [0.15, 0.2) is 0 Å². The molecule has 3 nitrogen and oxygen atoms in total. The Morgan fingerprint density at radius 2 is 1.61 bits per heavy atom. The number of nitrogens with zero attached hydrogens (tertiary/aromatic N) is 1. The van der Waals surface area contributed by atoms with Gasteiger partial charge in [0.05, 0.1) is 6.61 Å². The highest BCUT2D eigenvalue weighted by atomic mass is 79.9. The smallest absolute Gasteiger partial charge is 0.119 e. The van der Waals surface area contributed by atoms with Crippen LogP contribution in [0.4, 0.5) is 0 Å². The van der Waals surface area contributed by atoms with Gasteiger partial charge in [-0.3, -0.25) is 0 Å². The highest BCUT2D eigenvalue weighted by molar-refractivity contribution is 9.09. The zero-order valence-corrected chi connectivity index (χ0v) is 21.1. The summed E-state index contributed by atoms with van der Waals surface area (Å²) < 4.78 is 5.97. The maximum atomic E-state index is 10.9. The average Bonchev–Trinajstić information content (AvgIpc) is 2.85. The van der Waals surface area contributed by atoms with Gasteiger partial charge in [0.25, 0.3) is 0 Å². The highest BCUT2D eigenvalue weighted by Crippen LogP contribution is 2.45. The number of rotatable bonds is 9. The number of hydrogen-bond donors (Lipinski definition) is 1. The zero-order chi connectivity index (χ0) is 23.1. The van der Waals surface area contributed by atoms with E-state index in [0.29, 0.717) is 12.4 Å². The van der Waals surface area contributed by atoms with E-state index in [0.717, 1.165) is 61.8 Å². The molecule has 4 rings (SSSR count). The number of halogens is 1. The van der Waals surface area contributed by atoms with Crippen LogP contribution < -0.4 is 4.74 Å². The molecule has 0 spiro atoms. The predicted molar refractivity (Wildman–Crippen MR) is 140 cm³/mol. The Morgan fingerprint density at radius 1 is 0.909 bits per heavy atom. The Bertz CT molecular complexity index is 1010. The Balaban J connectivity index is 1.45. The van der Waals surface area contributed by atoms with Gasteiger partial charge in [0.2, 0.25) is 0 Å². The molecule has 0 unspecified atom stereocenters. The number of phenolic OH excluding ortho intramolecular Hbond substituents is 1. The van der Waals surface area contributed by atoms with Gasteiger partial charge in [-0.15, -0.1) is 0 Å². The maximum absolute atomic E-state index is 10.9. The molecule has 0 bridgehead atoms. The molecule has 4 heteroatoms. The van der Waals surface area contributed by atoms with E-state index in [1.54, 1.807) is 0 Å². The van der Waals surface area contributed by atoms with Crippen molar-refractivity contribution in [1.29, 1.82) is 0 Å². The van der Waals surface area contributed by atoms with Crippen LogP contribution in [0, 0.1) is 0 Å². The lowest BCUT2D eigenvalue weighted by Crippen LogP contribution is -2.41. The van der Waals surface area contributed by atoms with Crippen LogP contribution >= 0.6 is 15.9 Å². The molecule has 33 heavy (non-hydrogen) atoms. The minimum Gasteiger partial charge on any atom is -0.508 e. The Morgan fingerprint density at radius 3 is 2.30 bits per heavy atom. The largest absolute Gasteiger partial charge is 0.508 e. The first-order chi connectivity index (χ1) is 16.1. The molecule has 1 N–H and O–H groups in total. The van der Waals surface area contributed by atoms with Crippen LogP contribution in [0.15, 0.2) is 72.8 Å². The molecule has 0 amide bonds. The fourth-order valence-electron chi connectivity index (χ4n) is 4.92. The van der Waals surface area contributed by atoms with Gasteiger partial charge in [-0.2, -0.15) is 0 Å².